The van der Waals surface area contributed by atoms with E-state index >= 15 is 0 Å². The number of carbonyl (C=O) groups is 1. The molecule has 1 heterocycles. The van der Waals surface area contributed by atoms with E-state index in [2.05, 4.69) is 27.6 Å². The number of carbonyl (C=O) groups excluding carboxylic acids is 1. The summed E-state index contributed by atoms with van der Waals surface area (Å²) in [5.74, 6) is 0.000359. The summed E-state index contributed by atoms with van der Waals surface area (Å²) in [6, 6.07) is 14.7. The van der Waals surface area contributed by atoms with Crippen molar-refractivity contribution < 1.29 is 13.9 Å². The number of nitrogens with one attached hydrogen (secondary N) is 3. The fraction of sp³-hybridized carbons (Fsp3) is 0.0526. The van der Waals surface area contributed by atoms with Crippen LogP contribution >= 0.6 is 0 Å². The number of ether oxygens (including phenoxy) is 1. The zero-order chi connectivity index (χ0) is 18.5. The Labute approximate surface area is 149 Å². The van der Waals surface area contributed by atoms with Gasteiger partial charge in [-0.25, -0.2) is 4.39 Å². The molecule has 6 nitrogen and oxygen atoms in total. The average Bonchev–Trinajstić information content (AvgIpc) is 3.17. The fourth-order valence-corrected chi connectivity index (χ4v) is 2.27. The van der Waals surface area contributed by atoms with Gasteiger partial charge in [-0.3, -0.25) is 20.7 Å². The molecule has 1 amide bonds. The number of amides is 1. The van der Waals surface area contributed by atoms with Crippen LogP contribution in [0.3, 0.4) is 0 Å². The topological polar surface area (TPSA) is 79.0 Å². The normalized spacial score (nSPS) is 10.2. The van der Waals surface area contributed by atoms with Crippen molar-refractivity contribution >= 4 is 11.6 Å². The van der Waals surface area contributed by atoms with Crippen molar-refractivity contribution in [3.8, 4) is 17.0 Å². The molecule has 0 aliphatic carbocycles. The SMILES string of the molecule is C=C(NNC(=O)c1cc(-c2ccc(OC)cc2)n[nH]1)c1ccc(F)cc1. The third kappa shape index (κ3) is 3.89. The molecule has 26 heavy (non-hydrogen) atoms. The summed E-state index contributed by atoms with van der Waals surface area (Å²) in [5.41, 5.74) is 8.10. The Morgan fingerprint density at radius 2 is 1.81 bits per heavy atom. The first kappa shape index (κ1) is 17.2. The molecule has 0 fully saturated rings. The number of benzene rings is 2. The smallest absolute Gasteiger partial charge is 0.287 e. The van der Waals surface area contributed by atoms with Gasteiger partial charge in [0, 0.05) is 5.56 Å². The predicted octanol–water partition coefficient (Wildman–Crippen LogP) is 3.13. The van der Waals surface area contributed by atoms with Crippen molar-refractivity contribution in [1.29, 1.82) is 0 Å². The Bertz CT molecular complexity index is 917. The van der Waals surface area contributed by atoms with Crippen LogP contribution in [0.15, 0.2) is 61.2 Å². The summed E-state index contributed by atoms with van der Waals surface area (Å²) in [6.07, 6.45) is 0. The van der Waals surface area contributed by atoms with E-state index in [1.165, 1.54) is 12.1 Å². The summed E-state index contributed by atoms with van der Waals surface area (Å²) in [6.45, 7) is 3.80. The van der Waals surface area contributed by atoms with Crippen LogP contribution in [-0.4, -0.2) is 23.2 Å². The first-order valence-corrected chi connectivity index (χ1v) is 7.78. The van der Waals surface area contributed by atoms with E-state index in [1.54, 1.807) is 25.3 Å². The predicted molar refractivity (Wildman–Crippen MR) is 96.6 cm³/mol. The van der Waals surface area contributed by atoms with Gasteiger partial charge in [0.2, 0.25) is 0 Å². The number of H-pyrrole nitrogens is 1. The lowest BCUT2D eigenvalue weighted by molar-refractivity contribution is 0.0937. The second-order valence-electron chi connectivity index (χ2n) is 5.46. The lowest BCUT2D eigenvalue weighted by atomic mass is 10.1. The zero-order valence-electron chi connectivity index (χ0n) is 14.0. The Hall–Kier alpha value is -3.61. The first-order chi connectivity index (χ1) is 12.6. The Morgan fingerprint density at radius 1 is 1.12 bits per heavy atom. The van der Waals surface area contributed by atoms with Crippen molar-refractivity contribution in [2.75, 3.05) is 7.11 Å². The molecule has 0 radical (unpaired) electrons. The van der Waals surface area contributed by atoms with E-state index in [1.807, 2.05) is 24.3 Å². The molecule has 0 atom stereocenters. The highest BCUT2D eigenvalue weighted by Crippen LogP contribution is 2.21. The molecule has 3 aromatic rings. The number of aromatic nitrogens is 2. The van der Waals surface area contributed by atoms with E-state index in [0.717, 1.165) is 11.3 Å². The van der Waals surface area contributed by atoms with Crippen molar-refractivity contribution in [2.24, 2.45) is 0 Å². The Morgan fingerprint density at radius 3 is 2.46 bits per heavy atom. The van der Waals surface area contributed by atoms with Gasteiger partial charge in [0.1, 0.15) is 17.3 Å². The third-order valence-corrected chi connectivity index (χ3v) is 3.73. The summed E-state index contributed by atoms with van der Waals surface area (Å²) < 4.78 is 18.0. The molecule has 3 rings (SSSR count). The maximum atomic E-state index is 12.9. The summed E-state index contributed by atoms with van der Waals surface area (Å²) in [5, 5.41) is 6.83. The molecule has 0 bridgehead atoms. The lowest BCUT2D eigenvalue weighted by Gasteiger charge is -2.10. The van der Waals surface area contributed by atoms with Crippen LogP contribution in [0.1, 0.15) is 16.1 Å². The molecule has 1 aromatic heterocycles. The second-order valence-corrected chi connectivity index (χ2v) is 5.46. The lowest BCUT2D eigenvalue weighted by Crippen LogP contribution is -2.36. The maximum Gasteiger partial charge on any atom is 0.287 e. The number of hydrogen-bond acceptors (Lipinski definition) is 4. The van der Waals surface area contributed by atoms with Gasteiger partial charge >= 0.3 is 0 Å². The van der Waals surface area contributed by atoms with Gasteiger partial charge in [0.05, 0.1) is 18.5 Å². The largest absolute Gasteiger partial charge is 0.497 e. The van der Waals surface area contributed by atoms with Gasteiger partial charge < -0.3 is 4.74 Å². The molecule has 3 N–H and O–H groups in total. The van der Waals surface area contributed by atoms with E-state index in [9.17, 15) is 9.18 Å². The number of hydrazine groups is 1. The Kier molecular flexibility index (Phi) is 4.98. The van der Waals surface area contributed by atoms with Crippen LogP contribution < -0.4 is 15.6 Å². The summed E-state index contributed by atoms with van der Waals surface area (Å²) >= 11 is 0. The summed E-state index contributed by atoms with van der Waals surface area (Å²) in [4.78, 5) is 12.2. The van der Waals surface area contributed by atoms with Gasteiger partial charge in [0.25, 0.3) is 5.91 Å². The first-order valence-electron chi connectivity index (χ1n) is 7.78. The minimum absolute atomic E-state index is 0.287. The van der Waals surface area contributed by atoms with Gasteiger partial charge in [-0.05, 0) is 60.2 Å². The average molecular weight is 352 g/mol. The third-order valence-electron chi connectivity index (χ3n) is 3.73. The molecule has 0 aliphatic rings. The minimum Gasteiger partial charge on any atom is -0.497 e. The molecule has 2 aromatic carbocycles. The molecule has 0 aliphatic heterocycles. The fourth-order valence-electron chi connectivity index (χ4n) is 2.27. The number of aromatic amines is 1. The Balaban J connectivity index is 1.62. The molecule has 0 unspecified atom stereocenters. The number of halogens is 1. The molecule has 0 saturated heterocycles. The van der Waals surface area contributed by atoms with Gasteiger partial charge in [-0.15, -0.1) is 0 Å². The minimum atomic E-state index is -0.402. The number of rotatable bonds is 6. The standard InChI is InChI=1S/C19H17FN4O2/c1-12(13-3-7-15(20)8-4-13)21-24-19(25)18-11-17(22-23-18)14-5-9-16(26-2)10-6-14/h3-11,21H,1H2,2H3,(H,22,23)(H,24,25). The van der Waals surface area contributed by atoms with Crippen molar-refractivity contribution in [1.82, 2.24) is 21.0 Å². The summed E-state index contributed by atoms with van der Waals surface area (Å²) in [7, 11) is 1.60. The van der Waals surface area contributed by atoms with Crippen LogP contribution in [-0.2, 0) is 0 Å². The number of hydrogen-bond donors (Lipinski definition) is 3. The molecule has 7 heteroatoms. The quantitative estimate of drug-likeness (QED) is 0.596. The van der Waals surface area contributed by atoms with E-state index < -0.39 is 5.91 Å². The van der Waals surface area contributed by atoms with Gasteiger partial charge in [-0.1, -0.05) is 6.58 Å². The number of methoxy groups -OCH3 is 1. The van der Waals surface area contributed by atoms with E-state index in [-0.39, 0.29) is 11.5 Å². The van der Waals surface area contributed by atoms with Crippen LogP contribution in [0.4, 0.5) is 4.39 Å². The maximum absolute atomic E-state index is 12.9. The molecule has 0 saturated carbocycles. The van der Waals surface area contributed by atoms with Crippen LogP contribution in [0.5, 0.6) is 5.75 Å². The second kappa shape index (κ2) is 7.52. The highest BCUT2D eigenvalue weighted by molar-refractivity contribution is 5.93. The van der Waals surface area contributed by atoms with Crippen LogP contribution in [0, 0.1) is 5.82 Å². The zero-order valence-corrected chi connectivity index (χ0v) is 14.0. The van der Waals surface area contributed by atoms with Crippen molar-refractivity contribution in [2.45, 2.75) is 0 Å². The monoisotopic (exact) mass is 352 g/mol. The molecular formula is C19H17FN4O2. The molecular weight excluding hydrogens is 335 g/mol. The highest BCUT2D eigenvalue weighted by atomic mass is 19.1. The van der Waals surface area contributed by atoms with Crippen molar-refractivity contribution in [3.63, 3.8) is 0 Å². The van der Waals surface area contributed by atoms with Crippen LogP contribution in [0.2, 0.25) is 0 Å². The van der Waals surface area contributed by atoms with E-state index in [0.29, 0.717) is 17.0 Å². The van der Waals surface area contributed by atoms with Crippen molar-refractivity contribution in [3.05, 3.63) is 78.3 Å². The van der Waals surface area contributed by atoms with Gasteiger partial charge in [-0.2, -0.15) is 5.10 Å². The molecule has 0 spiro atoms. The van der Waals surface area contributed by atoms with Gasteiger partial charge in [0.15, 0.2) is 0 Å². The van der Waals surface area contributed by atoms with E-state index in [4.69, 9.17) is 4.74 Å². The number of nitrogens with zero attached hydrogens (tertiary/aromatic N) is 1. The molecule has 132 valence electrons. The van der Waals surface area contributed by atoms with Crippen LogP contribution in [0.25, 0.3) is 17.0 Å². The highest BCUT2D eigenvalue weighted by Gasteiger charge is 2.11.